The Labute approximate surface area is 198 Å². The molecule has 11 heteroatoms. The summed E-state index contributed by atoms with van der Waals surface area (Å²) in [6.45, 7) is 0.515. The van der Waals surface area contributed by atoms with E-state index in [0.717, 1.165) is 34.3 Å². The van der Waals surface area contributed by atoms with Crippen LogP contribution in [0.1, 0.15) is 11.1 Å². The van der Waals surface area contributed by atoms with Crippen LogP contribution in [0, 0.1) is 11.3 Å². The first kappa shape index (κ1) is 22.7. The average Bonchev–Trinajstić information content (AvgIpc) is 3.39. The van der Waals surface area contributed by atoms with E-state index in [0.29, 0.717) is 17.1 Å². The van der Waals surface area contributed by atoms with Crippen molar-refractivity contribution in [2.45, 2.75) is 11.7 Å². The number of nitrogens with one attached hydrogen (secondary N) is 1. The number of amides is 1. The van der Waals surface area contributed by atoms with E-state index in [-0.39, 0.29) is 15.9 Å². The highest BCUT2D eigenvalue weighted by Gasteiger charge is 2.18. The average molecular weight is 498 g/mol. The van der Waals surface area contributed by atoms with Crippen molar-refractivity contribution in [1.29, 1.82) is 5.26 Å². The van der Waals surface area contributed by atoms with Crippen molar-refractivity contribution in [3.05, 3.63) is 76.5 Å². The van der Waals surface area contributed by atoms with Gasteiger partial charge in [0.05, 0.1) is 0 Å². The van der Waals surface area contributed by atoms with Crippen molar-refractivity contribution >= 4 is 61.0 Å². The number of para-hydroxylation sites is 1. The molecule has 0 radical (unpaired) electrons. The van der Waals surface area contributed by atoms with Crippen LogP contribution in [0.2, 0.25) is 5.02 Å². The number of fused-ring (bicyclic) bond motifs is 1. The quantitative estimate of drug-likeness (QED) is 0.316. The normalized spacial score (nSPS) is 12.0. The van der Waals surface area contributed by atoms with Crippen molar-refractivity contribution in [1.82, 2.24) is 13.9 Å². The van der Waals surface area contributed by atoms with Gasteiger partial charge in [-0.15, -0.1) is 0 Å². The summed E-state index contributed by atoms with van der Waals surface area (Å²) in [5, 5.41) is 13.1. The van der Waals surface area contributed by atoms with Crippen LogP contribution in [0.15, 0.2) is 65.5 Å². The minimum absolute atomic E-state index is 0.0114. The number of sulfone groups is 1. The number of carbonyl (C=O) groups excluding carboxylic acids is 1. The lowest BCUT2D eigenvalue weighted by Crippen LogP contribution is -2.13. The Morgan fingerprint density at radius 2 is 1.97 bits per heavy atom. The van der Waals surface area contributed by atoms with Gasteiger partial charge in [-0.3, -0.25) is 10.1 Å². The lowest BCUT2D eigenvalue weighted by atomic mass is 10.1. The molecule has 8 nitrogen and oxygen atoms in total. The number of carbonyl (C=O) groups is 1. The van der Waals surface area contributed by atoms with Crippen molar-refractivity contribution < 1.29 is 13.2 Å². The maximum absolute atomic E-state index is 12.6. The second-order valence-electron chi connectivity index (χ2n) is 7.10. The first-order valence-corrected chi connectivity index (χ1v) is 12.6. The Kier molecular flexibility index (Phi) is 6.29. The molecule has 0 atom stereocenters. The Hall–Kier alpha value is -3.52. The largest absolute Gasteiger partial charge is 0.342 e. The number of hydrogen-bond acceptors (Lipinski definition) is 7. The van der Waals surface area contributed by atoms with Crippen molar-refractivity contribution in [3.63, 3.8) is 0 Å². The number of anilines is 1. The monoisotopic (exact) mass is 497 g/mol. The molecule has 2 aromatic heterocycles. The third kappa shape index (κ3) is 4.96. The first-order chi connectivity index (χ1) is 15.8. The van der Waals surface area contributed by atoms with Crippen LogP contribution in [-0.2, 0) is 21.2 Å². The molecule has 0 spiro atoms. The highest BCUT2D eigenvalue weighted by atomic mass is 35.5. The molecule has 0 fully saturated rings. The van der Waals surface area contributed by atoms with Crippen molar-refractivity contribution in [3.8, 4) is 6.07 Å². The summed E-state index contributed by atoms with van der Waals surface area (Å²) in [4.78, 5) is 16.4. The van der Waals surface area contributed by atoms with Gasteiger partial charge in [0.25, 0.3) is 11.1 Å². The number of rotatable bonds is 6. The van der Waals surface area contributed by atoms with Gasteiger partial charge in [0.15, 0.2) is 0 Å². The van der Waals surface area contributed by atoms with Crippen LogP contribution in [-0.4, -0.2) is 34.5 Å². The Morgan fingerprint density at radius 3 is 2.67 bits per heavy atom. The molecule has 1 N–H and O–H groups in total. The van der Waals surface area contributed by atoms with Gasteiger partial charge in [-0.1, -0.05) is 48.0 Å². The van der Waals surface area contributed by atoms with E-state index in [1.165, 1.54) is 6.08 Å². The molecule has 0 saturated carbocycles. The minimum atomic E-state index is -3.60. The maximum Gasteiger partial charge on any atom is 0.268 e. The number of nitrogens with zero attached hydrogens (tertiary/aromatic N) is 4. The summed E-state index contributed by atoms with van der Waals surface area (Å²) in [6.07, 6.45) is 4.31. The van der Waals surface area contributed by atoms with Gasteiger partial charge in [0, 0.05) is 52.0 Å². The van der Waals surface area contributed by atoms with E-state index in [1.807, 2.05) is 65.4 Å². The fourth-order valence-electron chi connectivity index (χ4n) is 3.21. The zero-order valence-electron chi connectivity index (χ0n) is 17.2. The van der Waals surface area contributed by atoms with Crippen LogP contribution in [0.5, 0.6) is 0 Å². The number of aromatic nitrogens is 3. The Bertz CT molecular complexity index is 1550. The fourth-order valence-corrected chi connectivity index (χ4v) is 4.85. The molecule has 0 unspecified atom stereocenters. The van der Waals surface area contributed by atoms with Crippen LogP contribution >= 0.6 is 23.1 Å². The maximum atomic E-state index is 12.6. The molecular weight excluding hydrogens is 482 g/mol. The summed E-state index contributed by atoms with van der Waals surface area (Å²) < 4.78 is 28.8. The highest BCUT2D eigenvalue weighted by Crippen LogP contribution is 2.26. The molecule has 4 rings (SSSR count). The van der Waals surface area contributed by atoms with E-state index in [4.69, 9.17) is 11.6 Å². The van der Waals surface area contributed by atoms with Gasteiger partial charge in [0.2, 0.25) is 15.0 Å². The summed E-state index contributed by atoms with van der Waals surface area (Å²) in [6, 6.07) is 17.1. The second kappa shape index (κ2) is 9.15. The molecule has 166 valence electrons. The summed E-state index contributed by atoms with van der Waals surface area (Å²) in [5.74, 6) is -0.711. The lowest BCUT2D eigenvalue weighted by molar-refractivity contribution is -0.112. The summed E-state index contributed by atoms with van der Waals surface area (Å²) in [5.41, 5.74) is 2.38. The Morgan fingerprint density at radius 1 is 1.24 bits per heavy atom. The van der Waals surface area contributed by atoms with Crippen LogP contribution in [0.25, 0.3) is 17.0 Å². The van der Waals surface area contributed by atoms with Crippen LogP contribution in [0.4, 0.5) is 5.13 Å². The predicted octanol–water partition coefficient (Wildman–Crippen LogP) is 4.14. The highest BCUT2D eigenvalue weighted by molar-refractivity contribution is 7.90. The zero-order chi connectivity index (χ0) is 23.6. The number of halogens is 1. The van der Waals surface area contributed by atoms with Crippen LogP contribution < -0.4 is 5.32 Å². The molecule has 1 amide bonds. The molecule has 0 aliphatic rings. The minimum Gasteiger partial charge on any atom is -0.342 e. The molecule has 0 aliphatic carbocycles. The third-order valence-electron chi connectivity index (χ3n) is 4.74. The lowest BCUT2D eigenvalue weighted by Gasteiger charge is -2.07. The molecule has 33 heavy (non-hydrogen) atoms. The molecule has 0 saturated heterocycles. The molecule has 4 aromatic rings. The van der Waals surface area contributed by atoms with Gasteiger partial charge in [-0.25, -0.2) is 8.42 Å². The smallest absolute Gasteiger partial charge is 0.268 e. The van der Waals surface area contributed by atoms with Gasteiger partial charge in [0.1, 0.15) is 11.6 Å². The van der Waals surface area contributed by atoms with E-state index < -0.39 is 15.7 Å². The molecule has 2 aromatic carbocycles. The van der Waals surface area contributed by atoms with E-state index in [1.54, 1.807) is 0 Å². The number of hydrogen-bond donors (Lipinski definition) is 1. The van der Waals surface area contributed by atoms with Gasteiger partial charge >= 0.3 is 0 Å². The van der Waals surface area contributed by atoms with Gasteiger partial charge in [-0.05, 0) is 23.8 Å². The zero-order valence-corrected chi connectivity index (χ0v) is 19.6. The van der Waals surface area contributed by atoms with E-state index in [9.17, 15) is 18.5 Å². The van der Waals surface area contributed by atoms with Gasteiger partial charge < -0.3 is 4.57 Å². The van der Waals surface area contributed by atoms with Crippen LogP contribution in [0.3, 0.4) is 0 Å². The summed E-state index contributed by atoms with van der Waals surface area (Å²) >= 11 is 7.04. The van der Waals surface area contributed by atoms with Crippen molar-refractivity contribution in [2.75, 3.05) is 11.6 Å². The molecule has 0 aliphatic heterocycles. The fraction of sp³-hybridized carbons (Fsp3) is 0.0909. The first-order valence-electron chi connectivity index (χ1n) is 9.54. The van der Waals surface area contributed by atoms with Crippen molar-refractivity contribution in [2.24, 2.45) is 0 Å². The van der Waals surface area contributed by atoms with E-state index >= 15 is 0 Å². The second-order valence-corrected chi connectivity index (χ2v) is 10.2. The molecule has 0 bridgehead atoms. The standard InChI is InChI=1S/C22H16ClN5O3S2/c1-33(30,31)22-26-21(32-27-22)25-20(29)15(11-24)10-16-13-28(19-9-5-3-7-17(16)19)12-14-6-2-4-8-18(14)23/h2-10,13H,12H2,1H3,(H,25,26,27,29). The Balaban J connectivity index is 1.67. The summed E-state index contributed by atoms with van der Waals surface area (Å²) in [7, 11) is -3.60. The van der Waals surface area contributed by atoms with Gasteiger partial charge in [-0.2, -0.15) is 14.6 Å². The topological polar surface area (TPSA) is 118 Å². The third-order valence-corrected chi connectivity index (χ3v) is 6.70. The van der Waals surface area contributed by atoms with E-state index in [2.05, 4.69) is 14.7 Å². The number of nitriles is 1. The molecular formula is C22H16ClN5O3S2. The number of benzene rings is 2. The predicted molar refractivity (Wildman–Crippen MR) is 128 cm³/mol. The molecule has 2 heterocycles. The SMILES string of the molecule is CS(=O)(=O)c1nsc(NC(=O)C(C#N)=Cc2cn(Cc3ccccc3Cl)c3ccccc23)n1.